The number of hydrogen-bond donors (Lipinski definition) is 2. The second kappa shape index (κ2) is 5.52. The monoisotopic (exact) mass is 161 g/mol. The van der Waals surface area contributed by atoms with Crippen molar-refractivity contribution in [2.24, 2.45) is 5.73 Å². The molecule has 0 bridgehead atoms. The number of nitrogens with two attached hydrogens (primary N) is 1. The summed E-state index contributed by atoms with van der Waals surface area (Å²) < 4.78 is 5.01. The molecular weight excluding hydrogens is 142 g/mol. The van der Waals surface area contributed by atoms with E-state index in [2.05, 4.69) is 6.92 Å². The van der Waals surface area contributed by atoms with E-state index in [-0.39, 0.29) is 0 Å². The summed E-state index contributed by atoms with van der Waals surface area (Å²) in [5, 5.41) is 9.18. The summed E-state index contributed by atoms with van der Waals surface area (Å²) in [7, 11) is 0. The van der Waals surface area contributed by atoms with Gasteiger partial charge in [0.15, 0.2) is 0 Å². The van der Waals surface area contributed by atoms with E-state index in [1.54, 1.807) is 6.92 Å². The van der Waals surface area contributed by atoms with Crippen LogP contribution in [0.25, 0.3) is 0 Å². The Kier molecular flexibility index (Phi) is 5.46. The molecule has 0 aromatic rings. The summed E-state index contributed by atoms with van der Waals surface area (Å²) >= 11 is 0. The minimum Gasteiger partial charge on any atom is -0.353 e. The van der Waals surface area contributed by atoms with E-state index in [1.165, 1.54) is 0 Å². The molecule has 3 heteroatoms. The van der Waals surface area contributed by atoms with E-state index >= 15 is 0 Å². The molecule has 68 valence electrons. The maximum absolute atomic E-state index is 9.18. The fourth-order valence-corrected chi connectivity index (χ4v) is 0.703. The molecular formula is C8H19NO2. The van der Waals surface area contributed by atoms with E-state index < -0.39 is 5.91 Å². The van der Waals surface area contributed by atoms with Gasteiger partial charge in [0, 0.05) is 6.42 Å². The van der Waals surface area contributed by atoms with Crippen molar-refractivity contribution < 1.29 is 9.84 Å². The lowest BCUT2D eigenvalue weighted by molar-refractivity contribution is -0.201. The topological polar surface area (TPSA) is 55.5 Å². The van der Waals surface area contributed by atoms with Crippen LogP contribution in [0.5, 0.6) is 0 Å². The molecule has 0 saturated carbocycles. The van der Waals surface area contributed by atoms with Crippen molar-refractivity contribution in [2.75, 3.05) is 6.61 Å². The molecule has 3 N–H and O–H groups in total. The Bertz CT molecular complexity index is 94.1. The summed E-state index contributed by atoms with van der Waals surface area (Å²) in [6, 6.07) is 0. The lowest BCUT2D eigenvalue weighted by Crippen LogP contribution is -2.42. The van der Waals surface area contributed by atoms with Crippen molar-refractivity contribution in [1.29, 1.82) is 0 Å². The zero-order chi connectivity index (χ0) is 8.74. The van der Waals surface area contributed by atoms with Gasteiger partial charge in [-0.2, -0.15) is 0 Å². The van der Waals surface area contributed by atoms with Gasteiger partial charge in [-0.05, 0) is 6.42 Å². The van der Waals surface area contributed by atoms with Gasteiger partial charge in [-0.1, -0.05) is 26.7 Å². The van der Waals surface area contributed by atoms with Crippen LogP contribution in [0.3, 0.4) is 0 Å². The van der Waals surface area contributed by atoms with Crippen molar-refractivity contribution in [3.05, 3.63) is 0 Å². The third kappa shape index (κ3) is 6.28. The molecule has 0 radical (unpaired) electrons. The van der Waals surface area contributed by atoms with Crippen LogP contribution in [0.2, 0.25) is 0 Å². The molecule has 0 aromatic heterocycles. The first kappa shape index (κ1) is 10.9. The molecule has 0 rings (SSSR count). The molecule has 0 spiro atoms. The zero-order valence-electron chi connectivity index (χ0n) is 7.47. The first-order valence-corrected chi connectivity index (χ1v) is 4.27. The van der Waals surface area contributed by atoms with E-state index in [0.29, 0.717) is 13.0 Å². The van der Waals surface area contributed by atoms with Gasteiger partial charge in [0.25, 0.3) is 0 Å². The van der Waals surface area contributed by atoms with Crippen molar-refractivity contribution in [3.8, 4) is 0 Å². The quantitative estimate of drug-likeness (QED) is 0.454. The first-order chi connectivity index (χ1) is 5.12. The lowest BCUT2D eigenvalue weighted by atomic mass is 10.3. The molecule has 11 heavy (non-hydrogen) atoms. The summed E-state index contributed by atoms with van der Waals surface area (Å²) in [4.78, 5) is 0. The van der Waals surface area contributed by atoms with Crippen molar-refractivity contribution in [3.63, 3.8) is 0 Å². The lowest BCUT2D eigenvalue weighted by Gasteiger charge is -2.21. The maximum Gasteiger partial charge on any atom is 0.221 e. The Morgan fingerprint density at radius 2 is 2.00 bits per heavy atom. The highest BCUT2D eigenvalue weighted by molar-refractivity contribution is 4.52. The van der Waals surface area contributed by atoms with Gasteiger partial charge in [-0.25, -0.2) is 0 Å². The average Bonchev–Trinajstić information content (AvgIpc) is 1.99. The second-order valence-electron chi connectivity index (χ2n) is 2.75. The van der Waals surface area contributed by atoms with Gasteiger partial charge in [0.05, 0.1) is 6.61 Å². The van der Waals surface area contributed by atoms with E-state index in [0.717, 1.165) is 19.3 Å². The Balaban J connectivity index is 3.23. The Labute approximate surface area is 68.5 Å². The molecule has 0 aliphatic carbocycles. The van der Waals surface area contributed by atoms with Crippen LogP contribution >= 0.6 is 0 Å². The number of rotatable bonds is 6. The average molecular weight is 161 g/mol. The van der Waals surface area contributed by atoms with E-state index in [1.807, 2.05) is 0 Å². The largest absolute Gasteiger partial charge is 0.353 e. The molecule has 3 nitrogen and oxygen atoms in total. The molecule has 0 amide bonds. The summed E-state index contributed by atoms with van der Waals surface area (Å²) in [6.07, 6.45) is 3.67. The first-order valence-electron chi connectivity index (χ1n) is 4.27. The van der Waals surface area contributed by atoms with Crippen molar-refractivity contribution in [2.45, 2.75) is 45.4 Å². The number of unbranched alkanes of at least 4 members (excludes halogenated alkanes) is 2. The van der Waals surface area contributed by atoms with Gasteiger partial charge in [0.2, 0.25) is 5.91 Å². The predicted octanol–water partition coefficient (Wildman–Crippen LogP) is 1.21. The molecule has 0 fully saturated rings. The molecule has 0 aromatic carbocycles. The predicted molar refractivity (Wildman–Crippen MR) is 44.9 cm³/mol. The fourth-order valence-electron chi connectivity index (χ4n) is 0.703. The SMILES string of the molecule is CCCCCOC(N)(O)CC. The minimum atomic E-state index is -1.41. The number of aliphatic hydroxyl groups is 1. The summed E-state index contributed by atoms with van der Waals surface area (Å²) in [5.41, 5.74) is 5.33. The zero-order valence-corrected chi connectivity index (χ0v) is 7.47. The molecule has 0 saturated heterocycles. The number of ether oxygens (including phenoxy) is 1. The van der Waals surface area contributed by atoms with Crippen molar-refractivity contribution >= 4 is 0 Å². The Morgan fingerprint density at radius 3 is 2.45 bits per heavy atom. The maximum atomic E-state index is 9.18. The smallest absolute Gasteiger partial charge is 0.221 e. The normalized spacial score (nSPS) is 16.4. The van der Waals surface area contributed by atoms with Crippen LogP contribution in [0, 0.1) is 0 Å². The van der Waals surface area contributed by atoms with E-state index in [4.69, 9.17) is 10.5 Å². The molecule has 0 heterocycles. The summed E-state index contributed by atoms with van der Waals surface area (Å²) in [5.74, 6) is -1.41. The van der Waals surface area contributed by atoms with Gasteiger partial charge < -0.3 is 9.84 Å². The molecule has 1 atom stereocenters. The third-order valence-electron chi connectivity index (χ3n) is 1.61. The molecule has 0 aliphatic heterocycles. The van der Waals surface area contributed by atoms with Gasteiger partial charge in [-0.3, -0.25) is 5.73 Å². The van der Waals surface area contributed by atoms with Crippen LogP contribution < -0.4 is 5.73 Å². The molecule has 0 aliphatic rings. The van der Waals surface area contributed by atoms with Crippen LogP contribution in [0.15, 0.2) is 0 Å². The van der Waals surface area contributed by atoms with Crippen LogP contribution in [-0.2, 0) is 4.74 Å². The summed E-state index contributed by atoms with van der Waals surface area (Å²) in [6.45, 7) is 4.46. The van der Waals surface area contributed by atoms with Crippen LogP contribution in [0.4, 0.5) is 0 Å². The highest BCUT2D eigenvalue weighted by atomic mass is 16.6. The standard InChI is InChI=1S/C8H19NO2/c1-3-5-6-7-11-8(9,10)4-2/h10H,3-7,9H2,1-2H3. The third-order valence-corrected chi connectivity index (χ3v) is 1.61. The van der Waals surface area contributed by atoms with Gasteiger partial charge in [-0.15, -0.1) is 0 Å². The van der Waals surface area contributed by atoms with Crippen molar-refractivity contribution in [1.82, 2.24) is 0 Å². The number of hydrogen-bond acceptors (Lipinski definition) is 3. The van der Waals surface area contributed by atoms with Gasteiger partial charge >= 0.3 is 0 Å². The highest BCUT2D eigenvalue weighted by Crippen LogP contribution is 2.05. The fraction of sp³-hybridized carbons (Fsp3) is 1.00. The Morgan fingerprint density at radius 1 is 1.36 bits per heavy atom. The highest BCUT2D eigenvalue weighted by Gasteiger charge is 2.17. The van der Waals surface area contributed by atoms with Crippen LogP contribution in [-0.4, -0.2) is 17.6 Å². The Hall–Kier alpha value is -0.120. The van der Waals surface area contributed by atoms with E-state index in [9.17, 15) is 5.11 Å². The van der Waals surface area contributed by atoms with Gasteiger partial charge in [0.1, 0.15) is 0 Å². The molecule has 1 unspecified atom stereocenters. The van der Waals surface area contributed by atoms with Crippen LogP contribution in [0.1, 0.15) is 39.5 Å². The second-order valence-corrected chi connectivity index (χ2v) is 2.75. The minimum absolute atomic E-state index is 0.430.